The van der Waals surface area contributed by atoms with Crippen molar-refractivity contribution >= 4 is 17.6 Å². The molecule has 0 aliphatic carbocycles. The third kappa shape index (κ3) is 2.77. The summed E-state index contributed by atoms with van der Waals surface area (Å²) in [7, 11) is 0. The summed E-state index contributed by atoms with van der Waals surface area (Å²) >= 11 is 0. The lowest BCUT2D eigenvalue weighted by Crippen LogP contribution is -2.08. The number of carboxylic acids is 1. The third-order valence-corrected chi connectivity index (χ3v) is 1.94. The summed E-state index contributed by atoms with van der Waals surface area (Å²) in [6.45, 7) is 1.73. The molecule has 90 valence electrons. The average Bonchev–Trinajstić information content (AvgIpc) is 2.28. The molecule has 0 radical (unpaired) electrons. The van der Waals surface area contributed by atoms with E-state index in [4.69, 9.17) is 5.11 Å². The van der Waals surface area contributed by atoms with E-state index in [-0.39, 0.29) is 12.2 Å². The smallest absolute Gasteiger partial charge is 0.342 e. The van der Waals surface area contributed by atoms with Gasteiger partial charge in [0, 0.05) is 6.07 Å². The van der Waals surface area contributed by atoms with Crippen LogP contribution in [0.4, 0.5) is 5.69 Å². The Morgan fingerprint density at radius 2 is 2.12 bits per heavy atom. The first-order valence-electron chi connectivity index (χ1n) is 4.66. The van der Waals surface area contributed by atoms with Crippen LogP contribution in [-0.2, 0) is 4.74 Å². The summed E-state index contributed by atoms with van der Waals surface area (Å²) in [5.41, 5.74) is -1.16. The van der Waals surface area contributed by atoms with Crippen molar-refractivity contribution in [1.29, 1.82) is 0 Å². The number of esters is 1. The molecule has 0 atom stereocenters. The second-order valence-corrected chi connectivity index (χ2v) is 3.01. The molecule has 0 heterocycles. The fraction of sp³-hybridized carbons (Fsp3) is 0.200. The minimum Gasteiger partial charge on any atom is -0.477 e. The molecule has 0 bridgehead atoms. The van der Waals surface area contributed by atoms with Crippen molar-refractivity contribution in [3.8, 4) is 0 Å². The van der Waals surface area contributed by atoms with E-state index >= 15 is 0 Å². The van der Waals surface area contributed by atoms with E-state index in [1.54, 1.807) is 6.92 Å². The molecule has 1 aromatic rings. The largest absolute Gasteiger partial charge is 0.477 e. The van der Waals surface area contributed by atoms with E-state index in [1.165, 1.54) is 6.07 Å². The molecule has 7 heteroatoms. The summed E-state index contributed by atoms with van der Waals surface area (Å²) in [5, 5.41) is 19.4. The molecule has 17 heavy (non-hydrogen) atoms. The number of hydrogen-bond acceptors (Lipinski definition) is 5. The standard InChI is InChI=1S/C10H9NO6/c1-2-17-10(14)6-3-4-7(9(12)13)8(5-6)11(15)16/h3-5H,2H2,1H3,(H,12,13). The molecule has 0 saturated heterocycles. The topological polar surface area (TPSA) is 107 Å². The number of carbonyl (C=O) groups excluding carboxylic acids is 1. The summed E-state index contributed by atoms with van der Waals surface area (Å²) in [6.07, 6.45) is 0. The number of rotatable bonds is 4. The number of nitrogens with zero attached hydrogens (tertiary/aromatic N) is 1. The second kappa shape index (κ2) is 5.06. The number of ether oxygens (including phenoxy) is 1. The number of aromatic carboxylic acids is 1. The van der Waals surface area contributed by atoms with Crippen LogP contribution in [0.1, 0.15) is 27.6 Å². The molecule has 1 rings (SSSR count). The molecule has 0 spiro atoms. The van der Waals surface area contributed by atoms with Crippen LogP contribution < -0.4 is 0 Å². The SMILES string of the molecule is CCOC(=O)c1ccc(C(=O)O)c([N+](=O)[O-])c1. The fourth-order valence-electron chi connectivity index (χ4n) is 1.20. The van der Waals surface area contributed by atoms with Crippen LogP contribution in [0.2, 0.25) is 0 Å². The van der Waals surface area contributed by atoms with Crippen molar-refractivity contribution < 1.29 is 24.4 Å². The van der Waals surface area contributed by atoms with Gasteiger partial charge >= 0.3 is 11.9 Å². The van der Waals surface area contributed by atoms with Crippen molar-refractivity contribution in [3.63, 3.8) is 0 Å². The molecule has 7 nitrogen and oxygen atoms in total. The van der Waals surface area contributed by atoms with Crippen LogP contribution in [0, 0.1) is 10.1 Å². The quantitative estimate of drug-likeness (QED) is 0.484. The molecule has 0 fully saturated rings. The van der Waals surface area contributed by atoms with Gasteiger partial charge in [-0.15, -0.1) is 0 Å². The minimum atomic E-state index is -1.42. The zero-order chi connectivity index (χ0) is 13.0. The first kappa shape index (κ1) is 12.6. The van der Waals surface area contributed by atoms with Gasteiger partial charge < -0.3 is 9.84 Å². The maximum absolute atomic E-state index is 11.3. The van der Waals surface area contributed by atoms with Crippen LogP contribution in [-0.4, -0.2) is 28.6 Å². The van der Waals surface area contributed by atoms with Crippen LogP contribution in [0.15, 0.2) is 18.2 Å². The lowest BCUT2D eigenvalue weighted by atomic mass is 10.1. The van der Waals surface area contributed by atoms with E-state index in [1.807, 2.05) is 0 Å². The van der Waals surface area contributed by atoms with Crippen molar-refractivity contribution in [2.45, 2.75) is 6.92 Å². The Morgan fingerprint density at radius 3 is 2.59 bits per heavy atom. The summed E-state index contributed by atoms with van der Waals surface area (Å²) < 4.78 is 4.65. The lowest BCUT2D eigenvalue weighted by Gasteiger charge is -2.03. The number of carboxylic acid groups (broad SMARTS) is 1. The van der Waals surface area contributed by atoms with Crippen LogP contribution in [0.5, 0.6) is 0 Å². The van der Waals surface area contributed by atoms with Gasteiger partial charge in [0.15, 0.2) is 0 Å². The highest BCUT2D eigenvalue weighted by Crippen LogP contribution is 2.20. The monoisotopic (exact) mass is 239 g/mol. The van der Waals surface area contributed by atoms with E-state index in [2.05, 4.69) is 4.74 Å². The second-order valence-electron chi connectivity index (χ2n) is 3.01. The highest BCUT2D eigenvalue weighted by molar-refractivity contribution is 5.96. The average molecular weight is 239 g/mol. The molecule has 1 aromatic carbocycles. The number of carbonyl (C=O) groups is 2. The Hall–Kier alpha value is -2.44. The van der Waals surface area contributed by atoms with Crippen molar-refractivity contribution in [2.24, 2.45) is 0 Å². The Morgan fingerprint density at radius 1 is 1.47 bits per heavy atom. The molecule has 0 aliphatic heterocycles. The van der Waals surface area contributed by atoms with Gasteiger partial charge in [-0.05, 0) is 19.1 Å². The van der Waals surface area contributed by atoms with Gasteiger partial charge in [0.1, 0.15) is 5.56 Å². The molecule has 0 aromatic heterocycles. The van der Waals surface area contributed by atoms with Gasteiger partial charge in [0.2, 0.25) is 0 Å². The number of nitro groups is 1. The summed E-state index contributed by atoms with van der Waals surface area (Å²) in [6, 6.07) is 3.07. The third-order valence-electron chi connectivity index (χ3n) is 1.94. The molecule has 1 N–H and O–H groups in total. The Balaban J connectivity index is 3.23. The molecular formula is C10H9NO6. The van der Waals surface area contributed by atoms with Crippen LogP contribution >= 0.6 is 0 Å². The van der Waals surface area contributed by atoms with Gasteiger partial charge in [0.25, 0.3) is 5.69 Å². The fourth-order valence-corrected chi connectivity index (χ4v) is 1.20. The molecule has 0 aliphatic rings. The van der Waals surface area contributed by atoms with Gasteiger partial charge in [-0.1, -0.05) is 0 Å². The number of nitro benzene ring substituents is 1. The van der Waals surface area contributed by atoms with Crippen LogP contribution in [0.25, 0.3) is 0 Å². The lowest BCUT2D eigenvalue weighted by molar-refractivity contribution is -0.385. The van der Waals surface area contributed by atoms with Gasteiger partial charge in [-0.2, -0.15) is 0 Å². The molecule has 0 amide bonds. The molecule has 0 saturated carbocycles. The first-order valence-corrected chi connectivity index (χ1v) is 4.66. The predicted octanol–water partition coefficient (Wildman–Crippen LogP) is 1.47. The first-order chi connectivity index (χ1) is 7.97. The van der Waals surface area contributed by atoms with Crippen molar-refractivity contribution in [2.75, 3.05) is 6.61 Å². The zero-order valence-electron chi connectivity index (χ0n) is 8.87. The van der Waals surface area contributed by atoms with Gasteiger partial charge in [-0.25, -0.2) is 9.59 Å². The maximum Gasteiger partial charge on any atom is 0.342 e. The summed E-state index contributed by atoms with van der Waals surface area (Å²) in [5.74, 6) is -2.15. The van der Waals surface area contributed by atoms with Crippen molar-refractivity contribution in [1.82, 2.24) is 0 Å². The predicted molar refractivity (Wildman–Crippen MR) is 56.0 cm³/mol. The molecule has 0 unspecified atom stereocenters. The maximum atomic E-state index is 11.3. The Kier molecular flexibility index (Phi) is 3.76. The highest BCUT2D eigenvalue weighted by atomic mass is 16.6. The van der Waals surface area contributed by atoms with E-state index in [0.29, 0.717) is 0 Å². The zero-order valence-corrected chi connectivity index (χ0v) is 8.87. The Bertz CT molecular complexity index is 482. The van der Waals surface area contributed by atoms with E-state index in [9.17, 15) is 19.7 Å². The Labute approximate surface area is 95.8 Å². The van der Waals surface area contributed by atoms with Crippen molar-refractivity contribution in [3.05, 3.63) is 39.4 Å². The highest BCUT2D eigenvalue weighted by Gasteiger charge is 2.22. The number of benzene rings is 1. The van der Waals surface area contributed by atoms with Crippen LogP contribution in [0.3, 0.4) is 0 Å². The normalized spacial score (nSPS) is 9.71. The minimum absolute atomic E-state index is 0.0523. The number of hydrogen-bond donors (Lipinski definition) is 1. The van der Waals surface area contributed by atoms with Gasteiger partial charge in [0.05, 0.1) is 17.1 Å². The van der Waals surface area contributed by atoms with E-state index < -0.39 is 28.1 Å². The van der Waals surface area contributed by atoms with Gasteiger partial charge in [-0.3, -0.25) is 10.1 Å². The van der Waals surface area contributed by atoms with E-state index in [0.717, 1.165) is 12.1 Å². The summed E-state index contributed by atoms with van der Waals surface area (Å²) in [4.78, 5) is 31.8. The molecular weight excluding hydrogens is 230 g/mol.